The van der Waals surface area contributed by atoms with E-state index in [2.05, 4.69) is 9.80 Å². The first-order valence-electron chi connectivity index (χ1n) is 8.92. The third-order valence-electron chi connectivity index (χ3n) is 5.03. The molecule has 0 bridgehead atoms. The minimum Gasteiger partial charge on any atom is -0.368 e. The van der Waals surface area contributed by atoms with Crippen LogP contribution in [0.5, 0.6) is 0 Å². The molecule has 0 atom stereocenters. The number of hydrogen-bond acceptors (Lipinski definition) is 5. The van der Waals surface area contributed by atoms with Crippen LogP contribution < -0.4 is 9.80 Å². The van der Waals surface area contributed by atoms with Gasteiger partial charge in [-0.05, 0) is 31.4 Å². The third kappa shape index (κ3) is 4.70. The second-order valence-electron chi connectivity index (χ2n) is 6.75. The number of carbonyl (C=O) groups excluding carboxylic acids is 1. The van der Waals surface area contributed by atoms with Gasteiger partial charge in [-0.3, -0.25) is 14.9 Å². The Kier molecular flexibility index (Phi) is 6.23. The molecule has 2 aliphatic rings. The fourth-order valence-corrected chi connectivity index (χ4v) is 3.96. The molecule has 2 aliphatic heterocycles. The molecule has 2 heterocycles. The van der Waals surface area contributed by atoms with Crippen LogP contribution in [-0.2, 0) is 4.79 Å². The van der Waals surface area contributed by atoms with Crippen LogP contribution in [0, 0.1) is 10.1 Å². The van der Waals surface area contributed by atoms with Crippen molar-refractivity contribution in [3.63, 3.8) is 0 Å². The van der Waals surface area contributed by atoms with Crippen LogP contribution in [0.1, 0.15) is 19.3 Å². The average molecular weight is 436 g/mol. The van der Waals surface area contributed by atoms with Gasteiger partial charge in [-0.2, -0.15) is 0 Å². The molecule has 0 unspecified atom stereocenters. The number of hydrogen-bond donors (Lipinski definition) is 0. The summed E-state index contributed by atoms with van der Waals surface area (Å²) >= 11 is 17.0. The zero-order valence-electron chi connectivity index (χ0n) is 14.7. The van der Waals surface area contributed by atoms with Gasteiger partial charge in [0, 0.05) is 51.0 Å². The van der Waals surface area contributed by atoms with E-state index in [1.165, 1.54) is 4.90 Å². The van der Waals surface area contributed by atoms with Crippen LogP contribution in [0.15, 0.2) is 18.2 Å². The molecule has 7 nitrogen and oxygen atoms in total. The van der Waals surface area contributed by atoms with Gasteiger partial charge in [-0.1, -0.05) is 34.8 Å². The number of benzene rings is 1. The maximum atomic E-state index is 12.1. The molecule has 0 aliphatic carbocycles. The normalized spacial score (nSPS) is 18.6. The second-order valence-corrected chi connectivity index (χ2v) is 9.04. The number of piperidine rings is 1. The van der Waals surface area contributed by atoms with E-state index in [4.69, 9.17) is 34.8 Å². The van der Waals surface area contributed by atoms with Crippen molar-refractivity contribution in [2.24, 2.45) is 0 Å². The summed E-state index contributed by atoms with van der Waals surface area (Å²) in [6.07, 6.45) is 3.24. The fraction of sp³-hybridized carbons (Fsp3) is 0.588. The minimum atomic E-state index is -1.95. The van der Waals surface area contributed by atoms with Gasteiger partial charge in [0.1, 0.15) is 5.69 Å². The van der Waals surface area contributed by atoms with Crippen molar-refractivity contribution < 1.29 is 9.72 Å². The number of piperazine rings is 1. The monoisotopic (exact) mass is 434 g/mol. The number of alkyl halides is 3. The fourth-order valence-electron chi connectivity index (χ4n) is 3.60. The summed E-state index contributed by atoms with van der Waals surface area (Å²) in [7, 11) is 0. The zero-order valence-corrected chi connectivity index (χ0v) is 17.0. The number of carbonyl (C=O) groups is 1. The Morgan fingerprint density at radius 1 is 0.963 bits per heavy atom. The SMILES string of the molecule is O=C(N1CCN(c2ccc([N+](=O)[O-])c(N3CCCCC3)c2)CC1)C(Cl)(Cl)Cl. The Bertz CT molecular complexity index is 712. The standard InChI is InChI=1S/C17H21Cl3N4O3/c18-17(19,20)16(25)23-10-8-21(9-11-23)13-4-5-14(24(26)27)15(12-13)22-6-2-1-3-7-22/h4-5,12H,1-3,6-11H2. The first-order valence-corrected chi connectivity index (χ1v) is 10.0. The van der Waals surface area contributed by atoms with Gasteiger partial charge < -0.3 is 14.7 Å². The van der Waals surface area contributed by atoms with Gasteiger partial charge in [0.15, 0.2) is 0 Å². The van der Waals surface area contributed by atoms with E-state index < -0.39 is 9.70 Å². The van der Waals surface area contributed by atoms with Crippen molar-refractivity contribution in [2.45, 2.75) is 23.1 Å². The highest BCUT2D eigenvalue weighted by Crippen LogP contribution is 2.35. The van der Waals surface area contributed by atoms with Crippen molar-refractivity contribution in [1.29, 1.82) is 0 Å². The van der Waals surface area contributed by atoms with Crippen molar-refractivity contribution >= 4 is 57.8 Å². The van der Waals surface area contributed by atoms with Crippen LogP contribution >= 0.6 is 34.8 Å². The van der Waals surface area contributed by atoms with Crippen LogP contribution in [0.25, 0.3) is 0 Å². The van der Waals surface area contributed by atoms with Gasteiger partial charge in [0.05, 0.1) is 4.92 Å². The maximum Gasteiger partial charge on any atom is 0.292 e. The Balaban J connectivity index is 1.76. The number of nitro benzene ring substituents is 1. The molecule has 0 saturated carbocycles. The number of amides is 1. The lowest BCUT2D eigenvalue weighted by molar-refractivity contribution is -0.384. The molecule has 10 heteroatoms. The number of halogens is 3. The molecule has 27 heavy (non-hydrogen) atoms. The molecule has 2 fully saturated rings. The molecule has 1 amide bonds. The molecular formula is C17H21Cl3N4O3. The predicted octanol–water partition coefficient (Wildman–Crippen LogP) is 3.60. The van der Waals surface area contributed by atoms with E-state index in [0.29, 0.717) is 31.9 Å². The smallest absolute Gasteiger partial charge is 0.292 e. The average Bonchev–Trinajstić information content (AvgIpc) is 2.67. The summed E-state index contributed by atoms with van der Waals surface area (Å²) < 4.78 is -1.95. The first-order chi connectivity index (χ1) is 12.8. The topological polar surface area (TPSA) is 69.9 Å². The van der Waals surface area contributed by atoms with Crippen LogP contribution in [0.4, 0.5) is 17.1 Å². The molecule has 1 aromatic rings. The van der Waals surface area contributed by atoms with Crippen molar-refractivity contribution in [3.8, 4) is 0 Å². The van der Waals surface area contributed by atoms with Gasteiger partial charge in [-0.15, -0.1) is 0 Å². The number of nitrogens with zero attached hydrogens (tertiary/aromatic N) is 4. The van der Waals surface area contributed by atoms with Gasteiger partial charge >= 0.3 is 0 Å². The predicted molar refractivity (Wildman–Crippen MR) is 108 cm³/mol. The molecule has 2 saturated heterocycles. The summed E-state index contributed by atoms with van der Waals surface area (Å²) in [5, 5.41) is 11.4. The van der Waals surface area contributed by atoms with E-state index in [9.17, 15) is 14.9 Å². The number of rotatable bonds is 3. The quantitative estimate of drug-likeness (QED) is 0.412. The molecular weight excluding hydrogens is 415 g/mol. The summed E-state index contributed by atoms with van der Waals surface area (Å²) in [6.45, 7) is 3.67. The van der Waals surface area contributed by atoms with Crippen LogP contribution in [-0.4, -0.2) is 58.8 Å². The Labute approximate surface area is 172 Å². The van der Waals surface area contributed by atoms with Crippen molar-refractivity contribution in [3.05, 3.63) is 28.3 Å². The molecule has 0 radical (unpaired) electrons. The molecule has 0 aromatic heterocycles. The lowest BCUT2D eigenvalue weighted by Gasteiger charge is -2.37. The summed E-state index contributed by atoms with van der Waals surface area (Å²) in [5.74, 6) is -0.523. The van der Waals surface area contributed by atoms with E-state index in [-0.39, 0.29) is 10.6 Å². The molecule has 3 rings (SSSR count). The summed E-state index contributed by atoms with van der Waals surface area (Å²) in [5.41, 5.74) is 1.70. The van der Waals surface area contributed by atoms with Gasteiger partial charge in [0.2, 0.25) is 0 Å². The van der Waals surface area contributed by atoms with Gasteiger partial charge in [0.25, 0.3) is 15.4 Å². The number of anilines is 2. The van der Waals surface area contributed by atoms with E-state index in [0.717, 1.165) is 38.0 Å². The highest BCUT2D eigenvalue weighted by atomic mass is 35.6. The number of nitro groups is 1. The highest BCUT2D eigenvalue weighted by Gasteiger charge is 2.36. The van der Waals surface area contributed by atoms with Crippen molar-refractivity contribution in [1.82, 2.24) is 4.90 Å². The van der Waals surface area contributed by atoms with Gasteiger partial charge in [-0.25, -0.2) is 0 Å². The Morgan fingerprint density at radius 2 is 1.59 bits per heavy atom. The zero-order chi connectivity index (χ0) is 19.6. The Hall–Kier alpha value is -1.44. The van der Waals surface area contributed by atoms with E-state index >= 15 is 0 Å². The molecule has 0 N–H and O–H groups in total. The second kappa shape index (κ2) is 8.29. The molecule has 1 aromatic carbocycles. The maximum absolute atomic E-state index is 12.1. The molecule has 0 spiro atoms. The first kappa shape index (κ1) is 20.3. The summed E-state index contributed by atoms with van der Waals surface area (Å²) in [4.78, 5) is 28.9. The third-order valence-corrected chi connectivity index (χ3v) is 5.51. The van der Waals surface area contributed by atoms with Crippen LogP contribution in [0.3, 0.4) is 0 Å². The Morgan fingerprint density at radius 3 is 2.15 bits per heavy atom. The minimum absolute atomic E-state index is 0.130. The lowest BCUT2D eigenvalue weighted by Crippen LogP contribution is -2.51. The van der Waals surface area contributed by atoms with E-state index in [1.807, 2.05) is 6.07 Å². The summed E-state index contributed by atoms with van der Waals surface area (Å²) in [6, 6.07) is 5.21. The highest BCUT2D eigenvalue weighted by molar-refractivity contribution is 6.76. The largest absolute Gasteiger partial charge is 0.368 e. The molecule has 148 valence electrons. The van der Waals surface area contributed by atoms with Crippen LogP contribution in [0.2, 0.25) is 0 Å². The van der Waals surface area contributed by atoms with Crippen molar-refractivity contribution in [2.75, 3.05) is 49.1 Å². The lowest BCUT2D eigenvalue weighted by atomic mass is 10.1. The van der Waals surface area contributed by atoms with E-state index in [1.54, 1.807) is 12.1 Å².